The van der Waals surface area contributed by atoms with Gasteiger partial charge in [0.25, 0.3) is 11.8 Å². The highest BCUT2D eigenvalue weighted by atomic mass is 19.4. The van der Waals surface area contributed by atoms with Crippen LogP contribution in [0.4, 0.5) is 18.9 Å². The predicted molar refractivity (Wildman–Crippen MR) is 140 cm³/mol. The summed E-state index contributed by atoms with van der Waals surface area (Å²) in [5, 5.41) is 8.07. The fourth-order valence-electron chi connectivity index (χ4n) is 5.21. The van der Waals surface area contributed by atoms with E-state index in [-0.39, 0.29) is 18.4 Å². The Kier molecular flexibility index (Phi) is 6.75. The maximum absolute atomic E-state index is 12.9. The van der Waals surface area contributed by atoms with Crippen molar-refractivity contribution in [2.24, 2.45) is 12.8 Å². The van der Waals surface area contributed by atoms with Gasteiger partial charge in [-0.2, -0.15) is 5.10 Å². The molecule has 4 N–H and O–H groups in total. The molecule has 2 aromatic heterocycles. The molecule has 0 saturated carbocycles. The molecule has 2 aliphatic rings. The second-order valence-corrected chi connectivity index (χ2v) is 10.2. The molecule has 2 unspecified atom stereocenters. The molecular formula is C27H29F3N6O3. The summed E-state index contributed by atoms with van der Waals surface area (Å²) in [6.07, 6.45) is 4.44. The number of anilines is 1. The number of amides is 2. The lowest BCUT2D eigenvalue weighted by Gasteiger charge is -2.35. The summed E-state index contributed by atoms with van der Waals surface area (Å²) in [7, 11) is 1.82. The first kappa shape index (κ1) is 26.5. The standard InChI is InChI=1S/C27H29F3N6O3/c1-26(39-27(28,29)30)9-7-16(8-10-26)25(38)33-18-4-3-11-36(15-18)22-6-5-19(24(31)37)23-20(22)12-21(34-23)17-13-32-35(2)14-17/h5-9,12-14,18,34H,3-4,10-11,15H2,1-2H3,(H2,31,37)(H,33,38). The predicted octanol–water partition coefficient (Wildman–Crippen LogP) is 3.93. The average molecular weight is 543 g/mol. The molecule has 1 aliphatic heterocycles. The zero-order chi connectivity index (χ0) is 27.9. The van der Waals surface area contributed by atoms with Gasteiger partial charge < -0.3 is 20.9 Å². The summed E-state index contributed by atoms with van der Waals surface area (Å²) in [4.78, 5) is 30.5. The van der Waals surface area contributed by atoms with E-state index in [1.165, 1.54) is 25.2 Å². The number of nitrogens with one attached hydrogen (secondary N) is 2. The quantitative estimate of drug-likeness (QED) is 0.436. The Morgan fingerprint density at radius 2 is 2.10 bits per heavy atom. The smallest absolute Gasteiger partial charge is 0.369 e. The first-order valence-electron chi connectivity index (χ1n) is 12.6. The van der Waals surface area contributed by atoms with Crippen LogP contribution >= 0.6 is 0 Å². The van der Waals surface area contributed by atoms with Crippen molar-refractivity contribution in [3.63, 3.8) is 0 Å². The monoisotopic (exact) mass is 542 g/mol. The Morgan fingerprint density at radius 3 is 2.74 bits per heavy atom. The van der Waals surface area contributed by atoms with Gasteiger partial charge in [0.15, 0.2) is 0 Å². The number of piperidine rings is 1. The molecule has 2 atom stereocenters. The number of primary amides is 1. The molecular weight excluding hydrogens is 513 g/mol. The molecule has 1 saturated heterocycles. The van der Waals surface area contributed by atoms with Crippen molar-refractivity contribution in [2.45, 2.75) is 44.2 Å². The van der Waals surface area contributed by atoms with Crippen LogP contribution in [0.5, 0.6) is 0 Å². The van der Waals surface area contributed by atoms with Crippen LogP contribution in [0.1, 0.15) is 36.5 Å². The van der Waals surface area contributed by atoms with Gasteiger partial charge in [-0.15, -0.1) is 13.2 Å². The third kappa shape index (κ3) is 5.70. The summed E-state index contributed by atoms with van der Waals surface area (Å²) in [5.41, 5.74) is 7.97. The zero-order valence-electron chi connectivity index (χ0n) is 21.5. The first-order chi connectivity index (χ1) is 18.4. The number of halogens is 3. The molecule has 9 nitrogen and oxygen atoms in total. The number of hydrogen-bond donors (Lipinski definition) is 3. The van der Waals surface area contributed by atoms with E-state index in [2.05, 4.69) is 25.0 Å². The van der Waals surface area contributed by atoms with Gasteiger partial charge in [-0.1, -0.05) is 18.2 Å². The SMILES string of the molecule is Cn1cc(-c2cc3c(N4CCCC(NC(=O)C5=CCC(C)(OC(F)(F)F)C=C5)C4)ccc(C(N)=O)c3[nH]2)cn1. The van der Waals surface area contributed by atoms with Gasteiger partial charge in [0.1, 0.15) is 0 Å². The Balaban J connectivity index is 1.33. The third-order valence-corrected chi connectivity index (χ3v) is 7.10. The summed E-state index contributed by atoms with van der Waals surface area (Å²) in [6, 6.07) is 5.35. The van der Waals surface area contributed by atoms with Crippen LogP contribution < -0.4 is 16.0 Å². The third-order valence-electron chi connectivity index (χ3n) is 7.10. The number of benzene rings is 1. The summed E-state index contributed by atoms with van der Waals surface area (Å²) in [5.74, 6) is -0.887. The molecule has 3 aromatic rings. The number of aryl methyl sites for hydroxylation is 1. The second-order valence-electron chi connectivity index (χ2n) is 10.2. The molecule has 0 bridgehead atoms. The summed E-state index contributed by atoms with van der Waals surface area (Å²) < 4.78 is 43.9. The highest BCUT2D eigenvalue weighted by molar-refractivity contribution is 6.10. The largest absolute Gasteiger partial charge is 0.523 e. The Hall–Kier alpha value is -4.06. The van der Waals surface area contributed by atoms with Gasteiger partial charge in [0.2, 0.25) is 0 Å². The summed E-state index contributed by atoms with van der Waals surface area (Å²) in [6.45, 7) is 2.60. The van der Waals surface area contributed by atoms with E-state index >= 15 is 0 Å². The molecule has 1 aliphatic carbocycles. The molecule has 0 spiro atoms. The molecule has 1 fully saturated rings. The maximum atomic E-state index is 12.9. The van der Waals surface area contributed by atoms with Gasteiger partial charge >= 0.3 is 6.36 Å². The van der Waals surface area contributed by atoms with E-state index in [0.717, 1.165) is 41.7 Å². The van der Waals surface area contributed by atoms with Crippen molar-refractivity contribution >= 4 is 28.4 Å². The van der Waals surface area contributed by atoms with Crippen molar-refractivity contribution in [1.29, 1.82) is 0 Å². The van der Waals surface area contributed by atoms with Crippen LogP contribution in [-0.4, -0.2) is 57.7 Å². The van der Waals surface area contributed by atoms with Gasteiger partial charge in [-0.25, -0.2) is 0 Å². The zero-order valence-corrected chi connectivity index (χ0v) is 21.5. The number of aromatic amines is 1. The van der Waals surface area contributed by atoms with Crippen LogP contribution in [0.3, 0.4) is 0 Å². The van der Waals surface area contributed by atoms with Crippen molar-refractivity contribution < 1.29 is 27.5 Å². The number of carbonyl (C=O) groups excluding carboxylic acids is 2. The highest BCUT2D eigenvalue weighted by Crippen LogP contribution is 2.35. The Morgan fingerprint density at radius 1 is 1.31 bits per heavy atom. The number of nitrogens with zero attached hydrogens (tertiary/aromatic N) is 3. The molecule has 1 aromatic carbocycles. The number of hydrogen-bond acceptors (Lipinski definition) is 5. The fourth-order valence-corrected chi connectivity index (χ4v) is 5.21. The number of carbonyl (C=O) groups is 2. The second kappa shape index (κ2) is 9.92. The number of aromatic nitrogens is 3. The van der Waals surface area contributed by atoms with E-state index in [1.54, 1.807) is 16.9 Å². The molecule has 2 amide bonds. The number of H-pyrrole nitrogens is 1. The molecule has 3 heterocycles. The van der Waals surface area contributed by atoms with Crippen molar-refractivity contribution in [2.75, 3.05) is 18.0 Å². The normalized spacial score (nSPS) is 21.7. The van der Waals surface area contributed by atoms with Gasteiger partial charge in [-0.3, -0.25) is 19.0 Å². The number of alkyl halides is 3. The number of fused-ring (bicyclic) bond motifs is 1. The van der Waals surface area contributed by atoms with Crippen molar-refractivity contribution in [3.05, 3.63) is 60.0 Å². The fraction of sp³-hybridized carbons (Fsp3) is 0.370. The molecule has 39 heavy (non-hydrogen) atoms. The Bertz CT molecular complexity index is 1490. The van der Waals surface area contributed by atoms with Crippen LogP contribution in [0.25, 0.3) is 22.2 Å². The molecule has 5 rings (SSSR count). The topological polar surface area (TPSA) is 118 Å². The minimum atomic E-state index is -4.77. The lowest BCUT2D eigenvalue weighted by molar-refractivity contribution is -0.355. The van der Waals surface area contributed by atoms with Crippen molar-refractivity contribution in [3.8, 4) is 11.3 Å². The van der Waals surface area contributed by atoms with Gasteiger partial charge in [0.05, 0.1) is 22.9 Å². The van der Waals surface area contributed by atoms with Crippen LogP contribution in [0.15, 0.2) is 54.4 Å². The molecule has 0 radical (unpaired) electrons. The van der Waals surface area contributed by atoms with E-state index in [1.807, 2.05) is 25.4 Å². The van der Waals surface area contributed by atoms with Crippen LogP contribution in [0.2, 0.25) is 0 Å². The Labute approximate surface area is 222 Å². The van der Waals surface area contributed by atoms with E-state index in [4.69, 9.17) is 5.73 Å². The minimum absolute atomic E-state index is 0.0699. The first-order valence-corrected chi connectivity index (χ1v) is 12.6. The summed E-state index contributed by atoms with van der Waals surface area (Å²) >= 11 is 0. The van der Waals surface area contributed by atoms with E-state index < -0.39 is 17.9 Å². The van der Waals surface area contributed by atoms with Crippen molar-refractivity contribution in [1.82, 2.24) is 20.1 Å². The molecule has 12 heteroatoms. The van der Waals surface area contributed by atoms with E-state index in [0.29, 0.717) is 23.2 Å². The van der Waals surface area contributed by atoms with Crippen LogP contribution in [0, 0.1) is 0 Å². The minimum Gasteiger partial charge on any atom is -0.369 e. The van der Waals surface area contributed by atoms with Gasteiger partial charge in [0, 0.05) is 60.3 Å². The van der Waals surface area contributed by atoms with Gasteiger partial charge in [-0.05, 0) is 44.4 Å². The average Bonchev–Trinajstić information content (AvgIpc) is 3.49. The molecule has 206 valence electrons. The van der Waals surface area contributed by atoms with Crippen LogP contribution in [-0.2, 0) is 16.6 Å². The maximum Gasteiger partial charge on any atom is 0.523 e. The number of ether oxygens (including phenoxy) is 1. The lowest BCUT2D eigenvalue weighted by Crippen LogP contribution is -2.48. The lowest BCUT2D eigenvalue weighted by atomic mass is 9.93. The highest BCUT2D eigenvalue weighted by Gasteiger charge is 2.40. The number of nitrogens with two attached hydrogens (primary N) is 1. The number of rotatable bonds is 6. The van der Waals surface area contributed by atoms with E-state index in [9.17, 15) is 22.8 Å².